The Hall–Kier alpha value is -11.3. The van der Waals surface area contributed by atoms with Crippen molar-refractivity contribution in [2.45, 2.75) is 142 Å². The molecule has 4 aromatic heterocycles. The number of carboxylic acids is 1. The maximum atomic E-state index is 12.1. The van der Waals surface area contributed by atoms with E-state index in [2.05, 4.69) is 106 Å². The predicted molar refractivity (Wildman–Crippen MR) is 447 cm³/mol. The molecule has 0 aliphatic carbocycles. The van der Waals surface area contributed by atoms with E-state index in [1.54, 1.807) is 19.3 Å². The first-order valence-electron chi connectivity index (χ1n) is 38.2. The van der Waals surface area contributed by atoms with Gasteiger partial charge < -0.3 is 37.8 Å². The molecule has 0 bridgehead atoms. The quantitative estimate of drug-likeness (QED) is 0.00947. The molecule has 0 atom stereocenters. The Kier molecular flexibility index (Phi) is 33.1. The number of nitriles is 1. The molecule has 0 aliphatic rings. The lowest BCUT2D eigenvalue weighted by atomic mass is 9.50. The Balaban J connectivity index is 1.11. The molecular formula is C91H93BN8O8S2. The van der Waals surface area contributed by atoms with Gasteiger partial charge in [0.2, 0.25) is 5.70 Å². The molecule has 0 radical (unpaired) electrons. The molecule has 110 heavy (non-hydrogen) atoms. The van der Waals surface area contributed by atoms with Gasteiger partial charge in [0.05, 0.1) is 77.1 Å². The van der Waals surface area contributed by atoms with E-state index in [1.165, 1.54) is 126 Å². The third-order valence-corrected chi connectivity index (χ3v) is 20.7. The number of carbonyl (C=O) groups excluding carboxylic acids is 1. The Morgan fingerprint density at radius 1 is 0.555 bits per heavy atom. The van der Waals surface area contributed by atoms with Crippen molar-refractivity contribution in [3.8, 4) is 98.9 Å². The second kappa shape index (κ2) is 44.9. The molecule has 19 heteroatoms. The van der Waals surface area contributed by atoms with Gasteiger partial charge in [0.15, 0.2) is 0 Å². The summed E-state index contributed by atoms with van der Waals surface area (Å²) in [5.74, 6) is 25.2. The van der Waals surface area contributed by atoms with E-state index < -0.39 is 12.8 Å². The van der Waals surface area contributed by atoms with E-state index >= 15 is 0 Å². The van der Waals surface area contributed by atoms with Crippen LogP contribution in [0.1, 0.15) is 154 Å². The number of carboxylic acid groups (broad SMARTS) is 1. The number of aliphatic carboxylic acids is 1. The van der Waals surface area contributed by atoms with Crippen molar-refractivity contribution in [3.05, 3.63) is 191 Å². The number of thioether (sulfide) groups is 2. The van der Waals surface area contributed by atoms with Gasteiger partial charge in [-0.3, -0.25) is 24.5 Å². The fourth-order valence-corrected chi connectivity index (χ4v) is 14.7. The van der Waals surface area contributed by atoms with Crippen LogP contribution in [0.3, 0.4) is 0 Å². The van der Waals surface area contributed by atoms with Gasteiger partial charge in [-0.05, 0) is 163 Å². The van der Waals surface area contributed by atoms with Crippen molar-refractivity contribution >= 4 is 97.8 Å². The summed E-state index contributed by atoms with van der Waals surface area (Å²) in [6, 6.07) is 49.9. The van der Waals surface area contributed by atoms with Crippen LogP contribution in [-0.4, -0.2) is 103 Å². The summed E-state index contributed by atoms with van der Waals surface area (Å²) in [7, 11) is 1.96. The monoisotopic (exact) mass is 1500 g/mol. The minimum absolute atomic E-state index is 0.0244. The molecule has 0 unspecified atom stereocenters. The van der Waals surface area contributed by atoms with Crippen molar-refractivity contribution in [2.24, 2.45) is 7.05 Å². The van der Waals surface area contributed by atoms with Crippen LogP contribution in [0.25, 0.3) is 71.5 Å². The number of nitrogens with zero attached hydrogens (tertiary/aromatic N) is 8. The molecule has 1 N–H and O–H groups in total. The van der Waals surface area contributed by atoms with Crippen molar-refractivity contribution < 1.29 is 38.4 Å². The van der Waals surface area contributed by atoms with Gasteiger partial charge >= 0.3 is 12.8 Å². The zero-order valence-corrected chi connectivity index (χ0v) is 64.8. The highest BCUT2D eigenvalue weighted by Gasteiger charge is 2.34. The molecule has 0 spiro atoms. The van der Waals surface area contributed by atoms with Gasteiger partial charge in [-0.1, -0.05) is 194 Å². The van der Waals surface area contributed by atoms with Crippen LogP contribution in [-0.2, 0) is 21.4 Å². The zero-order chi connectivity index (χ0) is 76.8. The molecule has 0 saturated heterocycles. The van der Waals surface area contributed by atoms with Crippen LogP contribution in [0.5, 0.6) is 23.0 Å². The van der Waals surface area contributed by atoms with E-state index in [4.69, 9.17) is 48.7 Å². The van der Waals surface area contributed by atoms with Crippen molar-refractivity contribution in [1.82, 2.24) is 29.0 Å². The largest absolute Gasteiger partial charge is 0.494 e. The van der Waals surface area contributed by atoms with Gasteiger partial charge in [-0.2, -0.15) is 17.0 Å². The number of fused-ring (bicyclic) bond motifs is 3. The Morgan fingerprint density at radius 2 is 1.03 bits per heavy atom. The predicted octanol–water partition coefficient (Wildman–Crippen LogP) is 16.7. The molecule has 10 aromatic rings. The fraction of sp³-hybridized carbons (Fsp3) is 0.341. The first-order chi connectivity index (χ1) is 54.2. The second-order valence-electron chi connectivity index (χ2n) is 26.6. The first-order valence-corrected chi connectivity index (χ1v) is 40.5. The second-order valence-corrected chi connectivity index (χ2v) is 28.7. The molecule has 560 valence electrons. The molecule has 6 aromatic carbocycles. The standard InChI is InChI=1S/C91H93BN8O8S2/c1-5-7-9-11-13-15-16-17-18-19-20-21-22-23-24-26-28-36-55-105-73-47-43-69(44-48-73)88-85-86(90(99(88)4)77(63-93)82-64-95-80-61-75(51-53-78(80)97-82)108-58-38-60-110-68-104-67-101)89(70-45-49-74(50-46-70)106-56-35-27-25-14-12-10-8-6-2)100(92(71-39-31-29-32-40-71)72-41-33-30-34-42-72)91(85)87(94-3)83-65-96-81-62-76(52-54-79(81)98-83)107-57-37-59-109-66-84(102)103/h29-34,39-54,61-62,64-65,67H,5,7,9,11,13,15-24,26,28,36-38,55-60,66,68H2,1-2,4H3,(H,102,103)/b90-77-,91-87+. The summed E-state index contributed by atoms with van der Waals surface area (Å²) in [4.78, 5) is 46.9. The Bertz CT molecular complexity index is 5160. The molecule has 0 aliphatic heterocycles. The van der Waals surface area contributed by atoms with Crippen molar-refractivity contribution in [3.63, 3.8) is 0 Å². The smallest absolute Gasteiger partial charge is 0.327 e. The molecule has 4 heterocycles. The SMILES string of the molecule is [C-]#[N+]/C(c1cnc2cc(OCCCSCC(=O)O)ccc2n1)=c1\c2c(-c3ccc(OCCCCCCCCCCCCCCCCCCCC)cc3)n(C)/c(=C(/C#N)c3cnc4cc(OCCCSCOC=O)ccc4n3)c2c(-c2ccc(OCC#CC#CC#CC#CC)cc2)n1B(c1ccccc1)c1ccccc1. The van der Waals surface area contributed by atoms with Gasteiger partial charge in [0.1, 0.15) is 52.9 Å². The topological polar surface area (TPSA) is 190 Å². The Morgan fingerprint density at radius 3 is 1.56 bits per heavy atom. The van der Waals surface area contributed by atoms with Gasteiger partial charge in [-0.25, -0.2) is 9.83 Å². The minimum Gasteiger partial charge on any atom is -0.494 e. The number of hydrogen-bond donors (Lipinski definition) is 1. The normalized spacial score (nSPS) is 11.3. The van der Waals surface area contributed by atoms with Crippen LogP contribution >= 0.6 is 23.5 Å². The van der Waals surface area contributed by atoms with E-state index in [1.807, 2.05) is 121 Å². The minimum atomic E-state index is -0.856. The van der Waals surface area contributed by atoms with Crippen LogP contribution in [0, 0.1) is 65.3 Å². The average molecular weight is 1500 g/mol. The van der Waals surface area contributed by atoms with E-state index in [0.29, 0.717) is 122 Å². The number of hydrogen-bond acceptors (Lipinski definition) is 14. The molecule has 0 fully saturated rings. The molecular weight excluding hydrogens is 1410 g/mol. The lowest BCUT2D eigenvalue weighted by Crippen LogP contribution is -2.53. The van der Waals surface area contributed by atoms with E-state index in [-0.39, 0.29) is 29.6 Å². The van der Waals surface area contributed by atoms with E-state index in [9.17, 15) is 21.4 Å². The lowest BCUT2D eigenvalue weighted by Gasteiger charge is -2.22. The fourth-order valence-electron chi connectivity index (χ4n) is 13.5. The summed E-state index contributed by atoms with van der Waals surface area (Å²) in [5.41, 5.74) is 7.88. The van der Waals surface area contributed by atoms with Crippen molar-refractivity contribution in [2.75, 3.05) is 49.6 Å². The summed E-state index contributed by atoms with van der Waals surface area (Å²) < 4.78 is 34.2. The van der Waals surface area contributed by atoms with Crippen LogP contribution in [0.2, 0.25) is 0 Å². The highest BCUT2D eigenvalue weighted by atomic mass is 32.2. The van der Waals surface area contributed by atoms with E-state index in [0.717, 1.165) is 52.8 Å². The number of aromatic nitrogens is 6. The van der Waals surface area contributed by atoms with Gasteiger partial charge in [-0.15, -0.1) is 11.8 Å². The van der Waals surface area contributed by atoms with Crippen LogP contribution in [0.15, 0.2) is 158 Å². The zero-order valence-electron chi connectivity index (χ0n) is 63.2. The maximum absolute atomic E-state index is 12.1. The average Bonchev–Trinajstić information content (AvgIpc) is 1.53. The number of rotatable bonds is 44. The summed E-state index contributed by atoms with van der Waals surface area (Å²) in [6.45, 7) is 14.8. The summed E-state index contributed by atoms with van der Waals surface area (Å²) in [5, 5.41) is 23.6. The summed E-state index contributed by atoms with van der Waals surface area (Å²) in [6.07, 6.45) is 28.1. The number of benzene rings is 6. The molecule has 0 saturated carbocycles. The highest BCUT2D eigenvalue weighted by molar-refractivity contribution is 7.99. The Labute approximate surface area is 655 Å². The molecule has 16 nitrogen and oxygen atoms in total. The highest BCUT2D eigenvalue weighted by Crippen LogP contribution is 2.38. The maximum Gasteiger partial charge on any atom is 0.327 e. The van der Waals surface area contributed by atoms with Crippen LogP contribution in [0.4, 0.5) is 0 Å². The van der Waals surface area contributed by atoms with Gasteiger partial charge in [0.25, 0.3) is 6.47 Å². The third-order valence-electron chi connectivity index (χ3n) is 18.8. The van der Waals surface area contributed by atoms with Crippen molar-refractivity contribution in [1.29, 1.82) is 5.26 Å². The third kappa shape index (κ3) is 23.4. The van der Waals surface area contributed by atoms with Gasteiger partial charge in [0, 0.05) is 47.2 Å². The number of unbranched alkanes of at least 4 members (excludes halogenated alkanes) is 17. The molecule has 0 amide bonds. The lowest BCUT2D eigenvalue weighted by molar-refractivity contribution is -0.134. The first kappa shape index (κ1) is 81.2. The number of ether oxygens (including phenoxy) is 5. The van der Waals surface area contributed by atoms with Crippen LogP contribution < -0.4 is 40.6 Å². The summed E-state index contributed by atoms with van der Waals surface area (Å²) >= 11 is 2.84. The molecule has 10 rings (SSSR count). The number of carbonyl (C=O) groups is 2.